The molecule has 6 heteroatoms. The molecule has 0 spiro atoms. The smallest absolute Gasteiger partial charge is 0.220 e. The first kappa shape index (κ1) is 17.1. The standard InChI is InChI=1S/C14H19Cl2NO3/c1-2-19-9-7-17-14(18)4-3-8-20-13-6-5-11(15)10-12(13)16/h5-6,10H,2-4,7-9H2,1H3,(H,17,18). The molecule has 0 radical (unpaired) electrons. The van der Waals surface area contributed by atoms with Crippen LogP contribution >= 0.6 is 23.2 Å². The van der Waals surface area contributed by atoms with Gasteiger partial charge in [0.15, 0.2) is 0 Å². The molecule has 0 aliphatic carbocycles. The van der Waals surface area contributed by atoms with Crippen LogP contribution in [0.2, 0.25) is 10.0 Å². The third kappa shape index (κ3) is 6.98. The molecule has 1 rings (SSSR count). The van der Waals surface area contributed by atoms with Crippen molar-refractivity contribution in [1.82, 2.24) is 5.32 Å². The zero-order valence-corrected chi connectivity index (χ0v) is 13.0. The van der Waals surface area contributed by atoms with E-state index in [1.807, 2.05) is 6.92 Å². The van der Waals surface area contributed by atoms with E-state index in [4.69, 9.17) is 32.7 Å². The molecule has 1 aromatic rings. The van der Waals surface area contributed by atoms with Crippen molar-refractivity contribution in [3.63, 3.8) is 0 Å². The van der Waals surface area contributed by atoms with E-state index in [1.54, 1.807) is 18.2 Å². The molecule has 1 amide bonds. The van der Waals surface area contributed by atoms with Crippen LogP contribution in [0.5, 0.6) is 5.75 Å². The topological polar surface area (TPSA) is 47.6 Å². The normalized spacial score (nSPS) is 10.3. The average Bonchev–Trinajstić information content (AvgIpc) is 2.41. The third-order valence-corrected chi connectivity index (χ3v) is 3.00. The van der Waals surface area contributed by atoms with Gasteiger partial charge in [0.05, 0.1) is 18.2 Å². The van der Waals surface area contributed by atoms with Crippen LogP contribution in [0.15, 0.2) is 18.2 Å². The van der Waals surface area contributed by atoms with Crippen LogP contribution in [0.4, 0.5) is 0 Å². The summed E-state index contributed by atoms with van der Waals surface area (Å²) in [6, 6.07) is 5.05. The van der Waals surface area contributed by atoms with Crippen molar-refractivity contribution in [2.45, 2.75) is 19.8 Å². The summed E-state index contributed by atoms with van der Waals surface area (Å²) in [5.41, 5.74) is 0. The molecule has 0 bridgehead atoms. The molecule has 0 saturated heterocycles. The van der Waals surface area contributed by atoms with Gasteiger partial charge in [0.1, 0.15) is 5.75 Å². The number of rotatable bonds is 9. The predicted octanol–water partition coefficient (Wildman–Crippen LogP) is 3.31. The molecule has 112 valence electrons. The fraction of sp³-hybridized carbons (Fsp3) is 0.500. The Morgan fingerprint density at radius 3 is 2.80 bits per heavy atom. The first-order valence-corrected chi connectivity index (χ1v) is 7.31. The van der Waals surface area contributed by atoms with Crippen LogP contribution < -0.4 is 10.1 Å². The van der Waals surface area contributed by atoms with Gasteiger partial charge in [0, 0.05) is 24.6 Å². The Balaban J connectivity index is 2.13. The van der Waals surface area contributed by atoms with Crippen LogP contribution in [0.1, 0.15) is 19.8 Å². The molecule has 0 atom stereocenters. The number of benzene rings is 1. The second kappa shape index (κ2) is 9.86. The van der Waals surface area contributed by atoms with Crippen molar-refractivity contribution in [2.75, 3.05) is 26.4 Å². The Morgan fingerprint density at radius 2 is 2.10 bits per heavy atom. The SMILES string of the molecule is CCOCCNC(=O)CCCOc1ccc(Cl)cc1Cl. The molecule has 0 saturated carbocycles. The van der Waals surface area contributed by atoms with Gasteiger partial charge in [-0.15, -0.1) is 0 Å². The van der Waals surface area contributed by atoms with Crippen molar-refractivity contribution in [3.05, 3.63) is 28.2 Å². The van der Waals surface area contributed by atoms with Crippen LogP contribution in [0, 0.1) is 0 Å². The van der Waals surface area contributed by atoms with Gasteiger partial charge in [-0.05, 0) is 31.5 Å². The highest BCUT2D eigenvalue weighted by Gasteiger charge is 2.04. The van der Waals surface area contributed by atoms with E-state index >= 15 is 0 Å². The molecule has 20 heavy (non-hydrogen) atoms. The number of nitrogens with one attached hydrogen (secondary N) is 1. The Bertz CT molecular complexity index is 427. The fourth-order valence-corrected chi connectivity index (χ4v) is 1.97. The maximum Gasteiger partial charge on any atom is 0.220 e. The minimum atomic E-state index is -0.00416. The highest BCUT2D eigenvalue weighted by molar-refractivity contribution is 6.35. The minimum absolute atomic E-state index is 0.00416. The van der Waals surface area contributed by atoms with Crippen molar-refractivity contribution in [3.8, 4) is 5.75 Å². The zero-order valence-electron chi connectivity index (χ0n) is 11.5. The third-order valence-electron chi connectivity index (χ3n) is 2.47. The van der Waals surface area contributed by atoms with Gasteiger partial charge >= 0.3 is 0 Å². The summed E-state index contributed by atoms with van der Waals surface area (Å²) in [6.45, 7) is 4.09. The molecular weight excluding hydrogens is 301 g/mol. The molecular formula is C14H19Cl2NO3. The van der Waals surface area contributed by atoms with Gasteiger partial charge < -0.3 is 14.8 Å². The monoisotopic (exact) mass is 319 g/mol. The molecule has 0 fully saturated rings. The quantitative estimate of drug-likeness (QED) is 0.710. The van der Waals surface area contributed by atoms with E-state index < -0.39 is 0 Å². The highest BCUT2D eigenvalue weighted by atomic mass is 35.5. The molecule has 1 aromatic carbocycles. The van der Waals surface area contributed by atoms with E-state index in [0.29, 0.717) is 55.0 Å². The summed E-state index contributed by atoms with van der Waals surface area (Å²) < 4.78 is 10.6. The van der Waals surface area contributed by atoms with Gasteiger partial charge in [0.2, 0.25) is 5.91 Å². The summed E-state index contributed by atoms with van der Waals surface area (Å²) in [5.74, 6) is 0.573. The van der Waals surface area contributed by atoms with E-state index in [2.05, 4.69) is 5.32 Å². The van der Waals surface area contributed by atoms with Gasteiger partial charge in [0.25, 0.3) is 0 Å². The number of amides is 1. The Hall–Kier alpha value is -0.970. The lowest BCUT2D eigenvalue weighted by Crippen LogP contribution is -2.27. The van der Waals surface area contributed by atoms with Crippen LogP contribution in [0.3, 0.4) is 0 Å². The highest BCUT2D eigenvalue weighted by Crippen LogP contribution is 2.27. The van der Waals surface area contributed by atoms with Crippen molar-refractivity contribution in [1.29, 1.82) is 0 Å². The first-order valence-electron chi connectivity index (χ1n) is 6.55. The molecule has 4 nitrogen and oxygen atoms in total. The summed E-state index contributed by atoms with van der Waals surface area (Å²) in [5, 5.41) is 3.81. The molecule has 1 N–H and O–H groups in total. The van der Waals surface area contributed by atoms with Gasteiger partial charge in [-0.1, -0.05) is 23.2 Å². The molecule has 0 aliphatic rings. The second-order valence-electron chi connectivity index (χ2n) is 4.07. The van der Waals surface area contributed by atoms with E-state index in [0.717, 1.165) is 0 Å². The number of carbonyl (C=O) groups excluding carboxylic acids is 1. The first-order chi connectivity index (χ1) is 9.63. The zero-order chi connectivity index (χ0) is 14.8. The molecule has 0 heterocycles. The fourth-order valence-electron chi connectivity index (χ4n) is 1.50. The maximum absolute atomic E-state index is 11.5. The van der Waals surface area contributed by atoms with Crippen molar-refractivity contribution >= 4 is 29.1 Å². The van der Waals surface area contributed by atoms with Gasteiger partial charge in [-0.2, -0.15) is 0 Å². The van der Waals surface area contributed by atoms with Crippen LogP contribution in [-0.4, -0.2) is 32.3 Å². The summed E-state index contributed by atoms with van der Waals surface area (Å²) >= 11 is 11.8. The number of carbonyl (C=O) groups is 1. The van der Waals surface area contributed by atoms with Gasteiger partial charge in [-0.25, -0.2) is 0 Å². The van der Waals surface area contributed by atoms with Crippen LogP contribution in [0.25, 0.3) is 0 Å². The Morgan fingerprint density at radius 1 is 1.30 bits per heavy atom. The number of halogens is 2. The Kier molecular flexibility index (Phi) is 8.42. The summed E-state index contributed by atoms with van der Waals surface area (Å²) in [7, 11) is 0. The lowest BCUT2D eigenvalue weighted by atomic mass is 10.3. The summed E-state index contributed by atoms with van der Waals surface area (Å²) in [6.07, 6.45) is 1.04. The number of ether oxygens (including phenoxy) is 2. The Labute approximate surface area is 129 Å². The predicted molar refractivity (Wildman–Crippen MR) is 80.7 cm³/mol. The van der Waals surface area contributed by atoms with Gasteiger partial charge in [-0.3, -0.25) is 4.79 Å². The largest absolute Gasteiger partial charge is 0.492 e. The molecule has 0 aromatic heterocycles. The van der Waals surface area contributed by atoms with E-state index in [9.17, 15) is 4.79 Å². The van der Waals surface area contributed by atoms with E-state index in [1.165, 1.54) is 0 Å². The van der Waals surface area contributed by atoms with Crippen molar-refractivity contribution < 1.29 is 14.3 Å². The summed E-state index contributed by atoms with van der Waals surface area (Å²) in [4.78, 5) is 11.5. The maximum atomic E-state index is 11.5. The minimum Gasteiger partial charge on any atom is -0.492 e. The van der Waals surface area contributed by atoms with E-state index in [-0.39, 0.29) is 5.91 Å². The lowest BCUT2D eigenvalue weighted by molar-refractivity contribution is -0.121. The second-order valence-corrected chi connectivity index (χ2v) is 4.92. The van der Waals surface area contributed by atoms with Crippen LogP contribution in [-0.2, 0) is 9.53 Å². The molecule has 0 aliphatic heterocycles. The molecule has 0 unspecified atom stereocenters. The number of hydrogen-bond donors (Lipinski definition) is 1. The van der Waals surface area contributed by atoms with Crippen molar-refractivity contribution in [2.24, 2.45) is 0 Å². The number of hydrogen-bond acceptors (Lipinski definition) is 3. The average molecular weight is 320 g/mol. The lowest BCUT2D eigenvalue weighted by Gasteiger charge is -2.08.